The monoisotopic (exact) mass is 238 g/mol. The number of hydrogen-bond donors (Lipinski definition) is 3. The van der Waals surface area contributed by atoms with Crippen LogP contribution in [0.2, 0.25) is 0 Å². The van der Waals surface area contributed by atoms with Crippen LogP contribution in [0.25, 0.3) is 0 Å². The van der Waals surface area contributed by atoms with Crippen LogP contribution in [0.5, 0.6) is 0 Å². The van der Waals surface area contributed by atoms with Crippen molar-refractivity contribution >= 4 is 11.7 Å². The lowest BCUT2D eigenvalue weighted by Gasteiger charge is -2.17. The van der Waals surface area contributed by atoms with Crippen LogP contribution in [0.15, 0.2) is 12.1 Å². The number of aromatic nitrogens is 2. The van der Waals surface area contributed by atoms with Crippen LogP contribution < -0.4 is 10.6 Å². The van der Waals surface area contributed by atoms with Crippen molar-refractivity contribution < 1.29 is 9.90 Å². The maximum Gasteiger partial charge on any atom is 0.271 e. The summed E-state index contributed by atoms with van der Waals surface area (Å²) >= 11 is 0. The molecule has 1 amide bonds. The Bertz CT molecular complexity index is 370. The first-order chi connectivity index (χ1) is 7.92. The normalized spacial score (nSPS) is 11.1. The van der Waals surface area contributed by atoms with E-state index in [0.29, 0.717) is 18.9 Å². The third kappa shape index (κ3) is 4.78. The van der Waals surface area contributed by atoms with E-state index in [2.05, 4.69) is 20.8 Å². The van der Waals surface area contributed by atoms with Gasteiger partial charge in [0, 0.05) is 13.1 Å². The summed E-state index contributed by atoms with van der Waals surface area (Å²) in [4.78, 5) is 11.4. The number of nitrogens with one attached hydrogen (secondary N) is 2. The van der Waals surface area contributed by atoms with Crippen molar-refractivity contribution in [3.05, 3.63) is 17.8 Å². The fourth-order valence-corrected chi connectivity index (χ4v) is 1.11. The van der Waals surface area contributed by atoms with Gasteiger partial charge in [-0.05, 0) is 32.9 Å². The van der Waals surface area contributed by atoms with Gasteiger partial charge in [0.05, 0.1) is 5.60 Å². The molecule has 0 bridgehead atoms. The summed E-state index contributed by atoms with van der Waals surface area (Å²) in [5, 5.41) is 22.7. The summed E-state index contributed by atoms with van der Waals surface area (Å²) in [5.74, 6) is 0.286. The number of carbonyl (C=O) groups excluding carboxylic acids is 1. The fourth-order valence-electron chi connectivity index (χ4n) is 1.11. The zero-order valence-electron chi connectivity index (χ0n) is 10.3. The van der Waals surface area contributed by atoms with Crippen LogP contribution in [0.4, 0.5) is 5.82 Å². The quantitative estimate of drug-likeness (QED) is 0.691. The van der Waals surface area contributed by atoms with Gasteiger partial charge >= 0.3 is 0 Å². The molecule has 1 heterocycles. The molecule has 0 spiro atoms. The Balaban J connectivity index is 2.59. The van der Waals surface area contributed by atoms with E-state index in [0.717, 1.165) is 0 Å². The molecule has 6 heteroatoms. The van der Waals surface area contributed by atoms with E-state index >= 15 is 0 Å². The Kier molecular flexibility index (Phi) is 4.39. The number of nitrogens with zero attached hydrogens (tertiary/aromatic N) is 2. The topological polar surface area (TPSA) is 87.1 Å². The second-order valence-corrected chi connectivity index (χ2v) is 4.33. The minimum atomic E-state index is -0.820. The first kappa shape index (κ1) is 13.4. The van der Waals surface area contributed by atoms with Gasteiger partial charge in [0.25, 0.3) is 5.91 Å². The average molecular weight is 238 g/mol. The Morgan fingerprint density at radius 1 is 1.41 bits per heavy atom. The van der Waals surface area contributed by atoms with Gasteiger partial charge in [-0.3, -0.25) is 4.79 Å². The highest BCUT2D eigenvalue weighted by Crippen LogP contribution is 2.05. The Morgan fingerprint density at radius 3 is 2.59 bits per heavy atom. The molecule has 0 saturated heterocycles. The molecule has 0 saturated carbocycles. The van der Waals surface area contributed by atoms with Gasteiger partial charge in [-0.1, -0.05) is 0 Å². The third-order valence-electron chi connectivity index (χ3n) is 1.94. The van der Waals surface area contributed by atoms with Crippen molar-refractivity contribution in [3.63, 3.8) is 0 Å². The van der Waals surface area contributed by atoms with Crippen LogP contribution >= 0.6 is 0 Å². The molecule has 3 N–H and O–H groups in total. The molecule has 0 aliphatic carbocycles. The van der Waals surface area contributed by atoms with E-state index in [1.165, 1.54) is 0 Å². The Labute approximate surface area is 100 Å². The summed E-state index contributed by atoms with van der Waals surface area (Å²) in [6, 6.07) is 3.24. The van der Waals surface area contributed by atoms with Gasteiger partial charge in [0.2, 0.25) is 0 Å². The first-order valence-electron chi connectivity index (χ1n) is 5.50. The van der Waals surface area contributed by atoms with Crippen LogP contribution in [-0.2, 0) is 0 Å². The van der Waals surface area contributed by atoms with E-state index in [1.807, 2.05) is 6.92 Å². The van der Waals surface area contributed by atoms with Crippen molar-refractivity contribution in [2.45, 2.75) is 26.4 Å². The van der Waals surface area contributed by atoms with Crippen LogP contribution in [-0.4, -0.2) is 39.9 Å². The lowest BCUT2D eigenvalue weighted by Crippen LogP contribution is -2.30. The van der Waals surface area contributed by atoms with Crippen molar-refractivity contribution in [1.29, 1.82) is 0 Å². The van der Waals surface area contributed by atoms with Crippen LogP contribution in [0.1, 0.15) is 31.3 Å². The maximum atomic E-state index is 11.4. The number of anilines is 1. The summed E-state index contributed by atoms with van der Waals surface area (Å²) in [7, 11) is 0. The fraction of sp³-hybridized carbons (Fsp3) is 0.545. The average Bonchev–Trinajstić information content (AvgIpc) is 2.26. The summed E-state index contributed by atoms with van der Waals surface area (Å²) in [6.45, 7) is 6.14. The Morgan fingerprint density at radius 2 is 2.12 bits per heavy atom. The second kappa shape index (κ2) is 5.58. The molecule has 0 aliphatic rings. The molecule has 0 atom stereocenters. The molecule has 0 unspecified atom stereocenters. The van der Waals surface area contributed by atoms with Crippen molar-refractivity contribution in [3.8, 4) is 0 Å². The zero-order valence-corrected chi connectivity index (χ0v) is 10.3. The highest BCUT2D eigenvalue weighted by Gasteiger charge is 2.12. The van der Waals surface area contributed by atoms with Gasteiger partial charge in [0.1, 0.15) is 5.82 Å². The second-order valence-electron chi connectivity index (χ2n) is 4.33. The lowest BCUT2D eigenvalue weighted by molar-refractivity contribution is 0.0936. The van der Waals surface area contributed by atoms with Gasteiger partial charge in [-0.2, -0.15) is 0 Å². The highest BCUT2D eigenvalue weighted by molar-refractivity contribution is 5.92. The molecule has 0 aromatic carbocycles. The van der Waals surface area contributed by atoms with Crippen LogP contribution in [0.3, 0.4) is 0 Å². The molecule has 6 nitrogen and oxygen atoms in total. The molecule has 1 aromatic heterocycles. The summed E-state index contributed by atoms with van der Waals surface area (Å²) in [6.07, 6.45) is 0. The summed E-state index contributed by atoms with van der Waals surface area (Å²) in [5.41, 5.74) is -0.541. The number of amides is 1. The smallest absolute Gasteiger partial charge is 0.271 e. The van der Waals surface area contributed by atoms with Crippen molar-refractivity contribution in [1.82, 2.24) is 15.5 Å². The number of hydrogen-bond acceptors (Lipinski definition) is 5. The van der Waals surface area contributed by atoms with E-state index in [-0.39, 0.29) is 11.6 Å². The minimum absolute atomic E-state index is 0.242. The third-order valence-corrected chi connectivity index (χ3v) is 1.94. The Hall–Kier alpha value is -1.69. The largest absolute Gasteiger partial charge is 0.389 e. The minimum Gasteiger partial charge on any atom is -0.389 e. The number of aliphatic hydroxyl groups is 1. The molecule has 0 aliphatic heterocycles. The highest BCUT2D eigenvalue weighted by atomic mass is 16.3. The van der Waals surface area contributed by atoms with Gasteiger partial charge in [-0.25, -0.2) is 0 Å². The molecule has 1 aromatic rings. The van der Waals surface area contributed by atoms with Crippen molar-refractivity contribution in [2.24, 2.45) is 0 Å². The molecular weight excluding hydrogens is 220 g/mol. The van der Waals surface area contributed by atoms with Crippen LogP contribution in [0, 0.1) is 0 Å². The molecule has 94 valence electrons. The van der Waals surface area contributed by atoms with Gasteiger partial charge < -0.3 is 15.7 Å². The van der Waals surface area contributed by atoms with Gasteiger partial charge in [-0.15, -0.1) is 10.2 Å². The molecule has 0 fully saturated rings. The first-order valence-corrected chi connectivity index (χ1v) is 5.50. The SMILES string of the molecule is CCNC(=O)c1ccc(NCC(C)(C)O)nn1. The lowest BCUT2D eigenvalue weighted by atomic mass is 10.1. The predicted octanol–water partition coefficient (Wildman–Crippen LogP) is 0.409. The van der Waals surface area contributed by atoms with Crippen molar-refractivity contribution in [2.75, 3.05) is 18.4 Å². The summed E-state index contributed by atoms with van der Waals surface area (Å²) < 4.78 is 0. The van der Waals surface area contributed by atoms with E-state index in [1.54, 1.807) is 26.0 Å². The number of rotatable bonds is 5. The zero-order chi connectivity index (χ0) is 12.9. The molecular formula is C11H18N4O2. The molecule has 17 heavy (non-hydrogen) atoms. The standard InChI is InChI=1S/C11H18N4O2/c1-4-12-10(16)8-5-6-9(15-14-8)13-7-11(2,3)17/h5-6,17H,4,7H2,1-3H3,(H,12,16)(H,13,15). The van der Waals surface area contributed by atoms with E-state index < -0.39 is 5.60 Å². The van der Waals surface area contributed by atoms with Gasteiger partial charge in [0.15, 0.2) is 5.69 Å². The molecule has 1 rings (SSSR count). The maximum absolute atomic E-state index is 11.4. The number of carbonyl (C=O) groups is 1. The van der Waals surface area contributed by atoms with E-state index in [9.17, 15) is 9.90 Å². The predicted molar refractivity (Wildman–Crippen MR) is 64.8 cm³/mol. The molecule has 0 radical (unpaired) electrons. The van der Waals surface area contributed by atoms with E-state index in [4.69, 9.17) is 0 Å².